The van der Waals surface area contributed by atoms with Crippen LogP contribution in [0.4, 0.5) is 10.5 Å². The number of nitrogens with zero attached hydrogens (tertiary/aromatic N) is 3. The lowest BCUT2D eigenvalue weighted by Crippen LogP contribution is -2.36. The highest BCUT2D eigenvalue weighted by molar-refractivity contribution is 5.89. The van der Waals surface area contributed by atoms with Crippen LogP contribution in [0.3, 0.4) is 0 Å². The first-order chi connectivity index (χ1) is 13.7. The molecular formula is C20H25N3O6. The van der Waals surface area contributed by atoms with Gasteiger partial charge in [0, 0.05) is 30.1 Å². The molecule has 0 aliphatic rings. The van der Waals surface area contributed by atoms with E-state index in [4.69, 9.17) is 14.2 Å². The van der Waals surface area contributed by atoms with Gasteiger partial charge in [-0.15, -0.1) is 0 Å². The number of amides is 1. The summed E-state index contributed by atoms with van der Waals surface area (Å²) in [5, 5.41) is 0. The van der Waals surface area contributed by atoms with Crippen molar-refractivity contribution in [1.29, 1.82) is 0 Å². The van der Waals surface area contributed by atoms with Gasteiger partial charge in [0.2, 0.25) is 5.88 Å². The summed E-state index contributed by atoms with van der Waals surface area (Å²) in [5.74, 6) is 0.148. The van der Waals surface area contributed by atoms with Crippen LogP contribution in [0.5, 0.6) is 11.6 Å². The van der Waals surface area contributed by atoms with Gasteiger partial charge in [0.15, 0.2) is 5.69 Å². The summed E-state index contributed by atoms with van der Waals surface area (Å²) < 4.78 is 20.8. The van der Waals surface area contributed by atoms with Crippen molar-refractivity contribution in [3.05, 3.63) is 41.9 Å². The topological polar surface area (TPSA) is 100 Å². The standard InChI is InChI=1S/C20H25N3O6/c1-20(2,3)29-19(25)23(14-7-8-21-17(9-14)27-5)12-13-11-22-15(18(24)28-6)10-16(13)26-4/h7-11H,12H2,1-6H3. The molecule has 2 heterocycles. The van der Waals surface area contributed by atoms with Gasteiger partial charge in [-0.25, -0.2) is 19.6 Å². The predicted octanol–water partition coefficient (Wildman–Crippen LogP) is 3.22. The van der Waals surface area contributed by atoms with Gasteiger partial charge >= 0.3 is 12.1 Å². The molecule has 0 N–H and O–H groups in total. The smallest absolute Gasteiger partial charge is 0.415 e. The van der Waals surface area contributed by atoms with Crippen LogP contribution in [-0.2, 0) is 16.0 Å². The summed E-state index contributed by atoms with van der Waals surface area (Å²) >= 11 is 0. The molecule has 2 aromatic heterocycles. The number of esters is 1. The molecule has 0 unspecified atom stereocenters. The number of aromatic nitrogens is 2. The zero-order valence-electron chi connectivity index (χ0n) is 17.4. The van der Waals surface area contributed by atoms with E-state index in [0.717, 1.165) is 0 Å². The summed E-state index contributed by atoms with van der Waals surface area (Å²) in [5.41, 5.74) is 0.498. The second kappa shape index (κ2) is 9.22. The number of carbonyl (C=O) groups excluding carboxylic acids is 2. The monoisotopic (exact) mass is 403 g/mol. The molecule has 0 aromatic carbocycles. The molecule has 0 saturated heterocycles. The van der Waals surface area contributed by atoms with Crippen molar-refractivity contribution in [1.82, 2.24) is 9.97 Å². The number of anilines is 1. The van der Waals surface area contributed by atoms with Crippen molar-refractivity contribution in [2.45, 2.75) is 32.9 Å². The molecule has 2 rings (SSSR count). The zero-order valence-corrected chi connectivity index (χ0v) is 17.4. The minimum absolute atomic E-state index is 0.0830. The summed E-state index contributed by atoms with van der Waals surface area (Å²) in [6, 6.07) is 4.74. The molecule has 0 aliphatic carbocycles. The number of ether oxygens (including phenoxy) is 4. The lowest BCUT2D eigenvalue weighted by atomic mass is 10.2. The summed E-state index contributed by atoms with van der Waals surface area (Å²) in [7, 11) is 4.22. The molecule has 29 heavy (non-hydrogen) atoms. The third-order valence-electron chi connectivity index (χ3n) is 3.74. The number of methoxy groups -OCH3 is 3. The van der Waals surface area contributed by atoms with Gasteiger partial charge in [0.25, 0.3) is 0 Å². The summed E-state index contributed by atoms with van der Waals surface area (Å²) in [4.78, 5) is 34.2. The van der Waals surface area contributed by atoms with Gasteiger partial charge in [0.05, 0.1) is 33.6 Å². The van der Waals surface area contributed by atoms with E-state index < -0.39 is 17.7 Å². The number of pyridine rings is 2. The lowest BCUT2D eigenvalue weighted by molar-refractivity contribution is 0.0571. The molecule has 0 aliphatic heterocycles. The number of hydrogen-bond acceptors (Lipinski definition) is 8. The first kappa shape index (κ1) is 21.9. The Hall–Kier alpha value is -3.36. The van der Waals surface area contributed by atoms with Crippen molar-refractivity contribution < 1.29 is 28.5 Å². The number of hydrogen-bond donors (Lipinski definition) is 0. The van der Waals surface area contributed by atoms with Crippen LogP contribution in [0.15, 0.2) is 30.6 Å². The van der Waals surface area contributed by atoms with Crippen molar-refractivity contribution in [2.24, 2.45) is 0 Å². The predicted molar refractivity (Wildman–Crippen MR) is 105 cm³/mol. The van der Waals surface area contributed by atoms with Crippen molar-refractivity contribution in [3.63, 3.8) is 0 Å². The van der Waals surface area contributed by atoms with Gasteiger partial charge in [-0.1, -0.05) is 0 Å². The maximum atomic E-state index is 12.9. The maximum Gasteiger partial charge on any atom is 0.415 e. The Morgan fingerprint density at radius 3 is 2.38 bits per heavy atom. The molecule has 0 saturated carbocycles. The Morgan fingerprint density at radius 1 is 1.07 bits per heavy atom. The molecule has 2 aromatic rings. The minimum Gasteiger partial charge on any atom is -0.496 e. The van der Waals surface area contributed by atoms with Crippen LogP contribution in [0.1, 0.15) is 36.8 Å². The van der Waals surface area contributed by atoms with Crippen LogP contribution >= 0.6 is 0 Å². The highest BCUT2D eigenvalue weighted by atomic mass is 16.6. The molecule has 0 fully saturated rings. The Kier molecular flexibility index (Phi) is 6.98. The van der Waals surface area contributed by atoms with Gasteiger partial charge in [-0.05, 0) is 26.8 Å². The van der Waals surface area contributed by atoms with Gasteiger partial charge in [-0.2, -0.15) is 0 Å². The average molecular weight is 403 g/mol. The molecule has 0 bridgehead atoms. The van der Waals surface area contributed by atoms with E-state index in [9.17, 15) is 9.59 Å². The van der Waals surface area contributed by atoms with Crippen LogP contribution < -0.4 is 14.4 Å². The van der Waals surface area contributed by atoms with Crippen LogP contribution in [-0.4, -0.2) is 49.0 Å². The fraction of sp³-hybridized carbons (Fsp3) is 0.400. The first-order valence-corrected chi connectivity index (χ1v) is 8.80. The van der Waals surface area contributed by atoms with Gasteiger partial charge in [-0.3, -0.25) is 4.90 Å². The number of rotatable bonds is 6. The van der Waals surface area contributed by atoms with Gasteiger partial charge in [0.1, 0.15) is 11.4 Å². The maximum absolute atomic E-state index is 12.9. The molecule has 9 nitrogen and oxygen atoms in total. The summed E-state index contributed by atoms with van der Waals surface area (Å²) in [6.45, 7) is 5.43. The third-order valence-corrected chi connectivity index (χ3v) is 3.74. The van der Waals surface area contributed by atoms with Crippen LogP contribution in [0.25, 0.3) is 0 Å². The Labute approximate surface area is 169 Å². The van der Waals surface area contributed by atoms with Crippen molar-refractivity contribution >= 4 is 17.7 Å². The van der Waals surface area contributed by atoms with Crippen LogP contribution in [0, 0.1) is 0 Å². The first-order valence-electron chi connectivity index (χ1n) is 8.80. The Balaban J connectivity index is 2.44. The second-order valence-electron chi connectivity index (χ2n) is 7.00. The molecule has 0 atom stereocenters. The molecule has 0 spiro atoms. The molecular weight excluding hydrogens is 378 g/mol. The average Bonchev–Trinajstić information content (AvgIpc) is 2.69. The normalized spacial score (nSPS) is 10.8. The fourth-order valence-electron chi connectivity index (χ4n) is 2.42. The van der Waals surface area contributed by atoms with E-state index in [2.05, 4.69) is 14.7 Å². The van der Waals surface area contributed by atoms with E-state index in [1.165, 1.54) is 44.7 Å². The largest absolute Gasteiger partial charge is 0.496 e. The fourth-order valence-corrected chi connectivity index (χ4v) is 2.42. The van der Waals surface area contributed by atoms with E-state index in [1.807, 2.05) is 0 Å². The molecule has 1 amide bonds. The van der Waals surface area contributed by atoms with Crippen molar-refractivity contribution in [2.75, 3.05) is 26.2 Å². The van der Waals surface area contributed by atoms with Crippen molar-refractivity contribution in [3.8, 4) is 11.6 Å². The molecule has 9 heteroatoms. The second-order valence-corrected chi connectivity index (χ2v) is 7.00. The van der Waals surface area contributed by atoms with Gasteiger partial charge < -0.3 is 18.9 Å². The number of carbonyl (C=O) groups is 2. The third kappa shape index (κ3) is 5.81. The zero-order chi connectivity index (χ0) is 21.6. The summed E-state index contributed by atoms with van der Waals surface area (Å²) in [6.07, 6.45) is 2.42. The lowest BCUT2D eigenvalue weighted by Gasteiger charge is -2.28. The SMILES string of the molecule is COC(=O)c1cc(OC)c(CN(C(=O)OC(C)(C)C)c2ccnc(OC)c2)cn1. The Bertz CT molecular complexity index is 879. The van der Waals surface area contributed by atoms with E-state index in [-0.39, 0.29) is 12.2 Å². The van der Waals surface area contributed by atoms with E-state index in [1.54, 1.807) is 32.9 Å². The van der Waals surface area contributed by atoms with E-state index >= 15 is 0 Å². The van der Waals surface area contributed by atoms with Crippen LogP contribution in [0.2, 0.25) is 0 Å². The highest BCUT2D eigenvalue weighted by Gasteiger charge is 2.25. The quantitative estimate of drug-likeness (QED) is 0.678. The van der Waals surface area contributed by atoms with E-state index in [0.29, 0.717) is 22.9 Å². The molecule has 156 valence electrons. The minimum atomic E-state index is -0.691. The molecule has 0 radical (unpaired) electrons. The Morgan fingerprint density at radius 2 is 1.79 bits per heavy atom. The highest BCUT2D eigenvalue weighted by Crippen LogP contribution is 2.27.